The van der Waals surface area contributed by atoms with Crippen molar-refractivity contribution in [3.05, 3.63) is 101 Å². The van der Waals surface area contributed by atoms with E-state index in [1.165, 1.54) is 30.6 Å². The molecule has 3 aromatic carbocycles. The van der Waals surface area contributed by atoms with Gasteiger partial charge in [0.15, 0.2) is 29.2 Å². The predicted octanol–water partition coefficient (Wildman–Crippen LogP) is -2.08. The number of aromatic hydroxyl groups is 1. The summed E-state index contributed by atoms with van der Waals surface area (Å²) in [6.07, 6.45) is 0.332. The van der Waals surface area contributed by atoms with Gasteiger partial charge in [-0.15, -0.1) is 0 Å². The first kappa shape index (κ1) is 78.9. The normalized spacial score (nSPS) is 16.7. The fourth-order valence-corrected chi connectivity index (χ4v) is 11.1. The number of nitrogens with one attached hydrogen (secondary N) is 10. The number of hydrogen-bond donors (Lipinski definition) is 16. The molecule has 37 heteroatoms. The van der Waals surface area contributed by atoms with E-state index in [2.05, 4.69) is 67.8 Å². The van der Waals surface area contributed by atoms with Crippen molar-refractivity contribution in [2.75, 3.05) is 32.8 Å². The molecule has 101 heavy (non-hydrogen) atoms. The highest BCUT2D eigenvalue weighted by molar-refractivity contribution is 6.03. The van der Waals surface area contributed by atoms with Crippen molar-refractivity contribution in [2.45, 2.75) is 146 Å². The van der Waals surface area contributed by atoms with Crippen molar-refractivity contribution in [3.8, 4) is 5.75 Å². The predicted molar refractivity (Wildman–Crippen MR) is 351 cm³/mol. The number of H-pyrrole nitrogens is 1. The fourth-order valence-electron chi connectivity index (χ4n) is 11.1. The number of aliphatic hydroxyl groups excluding tert-OH is 1. The van der Waals surface area contributed by atoms with Gasteiger partial charge in [0.1, 0.15) is 66.5 Å². The summed E-state index contributed by atoms with van der Waals surface area (Å²) in [4.78, 5) is 178. The number of benzene rings is 3. The van der Waals surface area contributed by atoms with Gasteiger partial charge in [-0.05, 0) is 73.8 Å². The lowest BCUT2D eigenvalue weighted by Gasteiger charge is -2.30. The number of carboxylic acid groups (broad SMARTS) is 1. The molecule has 7 rings (SSSR count). The van der Waals surface area contributed by atoms with Crippen molar-refractivity contribution in [3.63, 3.8) is 0 Å². The van der Waals surface area contributed by atoms with Gasteiger partial charge in [-0.2, -0.15) is 0 Å². The van der Waals surface area contributed by atoms with Crippen LogP contribution in [0.5, 0.6) is 5.75 Å². The van der Waals surface area contributed by atoms with E-state index in [1.54, 1.807) is 44.3 Å². The number of rotatable bonds is 33. The van der Waals surface area contributed by atoms with Crippen LogP contribution < -0.4 is 65.1 Å². The van der Waals surface area contributed by atoms with Gasteiger partial charge >= 0.3 is 0 Å². The Balaban J connectivity index is 0.00000390. The second-order valence-electron chi connectivity index (χ2n) is 24.3. The first-order valence-electron chi connectivity index (χ1n) is 31.9. The number of aromatic nitrogens is 1. The SMILES string of the molecule is CC(=O)O.CC(C)C[C@H](NC(=O)[C@@H](Cc1c(F)c(F)c(F)c(F)c1F)NC(=O)[C@H](Cc1ccc(O)cc1)NC(=O)[C@H](CO)NC(=O)[C@H](Cc1c[nH]c2ccccc12)NC(=O)[C@H](CC1=NC=NC1)NC(=O)[C@@H]1CCC(=O)N1)C(=O)N[C@@H](CCCN=C(N)N)C(=O)N1CCC[C@H]1C(=O)NCC(N)=O. The minimum atomic E-state index is -2.57. The molecule has 2 saturated heterocycles. The number of guanidine groups is 1. The molecule has 4 aromatic rings. The Morgan fingerprint density at radius 2 is 1.23 bits per heavy atom. The number of aliphatic carboxylic acids is 1. The summed E-state index contributed by atoms with van der Waals surface area (Å²) in [5, 5.41) is 50.8. The summed E-state index contributed by atoms with van der Waals surface area (Å²) < 4.78 is 75.8. The second-order valence-corrected chi connectivity index (χ2v) is 24.3. The molecule has 546 valence electrons. The van der Waals surface area contributed by atoms with E-state index < -0.39 is 192 Å². The molecule has 0 spiro atoms. The maximum atomic E-state index is 15.7. The van der Waals surface area contributed by atoms with Crippen LogP contribution in [0.3, 0.4) is 0 Å². The molecule has 9 atom stereocenters. The van der Waals surface area contributed by atoms with Crippen LogP contribution in [-0.4, -0.2) is 201 Å². The number of aliphatic imine (C=N–C) groups is 3. The van der Waals surface area contributed by atoms with E-state index in [9.17, 15) is 76.1 Å². The smallest absolute Gasteiger partial charge is 0.300 e. The Labute approximate surface area is 573 Å². The van der Waals surface area contributed by atoms with Crippen molar-refractivity contribution >= 4 is 99.9 Å². The molecule has 0 unspecified atom stereocenters. The van der Waals surface area contributed by atoms with Crippen molar-refractivity contribution in [1.82, 2.24) is 57.7 Å². The molecule has 3 aliphatic rings. The number of nitrogens with two attached hydrogens (primary N) is 3. The number of aromatic amines is 1. The number of halogens is 5. The molecule has 0 saturated carbocycles. The zero-order chi connectivity index (χ0) is 74.4. The number of carbonyl (C=O) groups excluding carboxylic acids is 11. The third-order valence-electron chi connectivity index (χ3n) is 16.1. The average Bonchev–Trinajstić information content (AvgIpc) is 1.42. The molecule has 3 aliphatic heterocycles. The lowest BCUT2D eigenvalue weighted by atomic mass is 9.98. The van der Waals surface area contributed by atoms with Gasteiger partial charge < -0.3 is 90.3 Å². The Kier molecular flexibility index (Phi) is 29.0. The number of carboxylic acids is 1. The highest BCUT2D eigenvalue weighted by Crippen LogP contribution is 2.26. The molecule has 1 aromatic heterocycles. The van der Waals surface area contributed by atoms with Crippen molar-refractivity contribution in [2.24, 2.45) is 38.1 Å². The van der Waals surface area contributed by atoms with Crippen molar-refractivity contribution < 1.29 is 94.8 Å². The minimum Gasteiger partial charge on any atom is -0.508 e. The lowest BCUT2D eigenvalue weighted by Crippen LogP contribution is -2.61. The molecule has 32 nitrogen and oxygen atoms in total. The number of nitrogens with zero attached hydrogens (tertiary/aromatic N) is 4. The topological polar surface area (TPSA) is 508 Å². The minimum absolute atomic E-state index is 0.0121. The van der Waals surface area contributed by atoms with Crippen LogP contribution >= 0.6 is 0 Å². The highest BCUT2D eigenvalue weighted by atomic mass is 19.2. The van der Waals surface area contributed by atoms with Crippen LogP contribution in [-0.2, 0) is 76.8 Å². The molecule has 19 N–H and O–H groups in total. The molecule has 4 heterocycles. The number of likely N-dealkylation sites (tertiary alicyclic amines) is 1. The third-order valence-corrected chi connectivity index (χ3v) is 16.1. The number of primary amides is 1. The Hall–Kier alpha value is -11.1. The number of para-hydroxylation sites is 1. The monoisotopic (exact) mass is 1420 g/mol. The number of amides is 11. The van der Waals surface area contributed by atoms with Gasteiger partial charge in [0, 0.05) is 80.5 Å². The van der Waals surface area contributed by atoms with Gasteiger partial charge in [-0.25, -0.2) is 26.9 Å². The molecular formula is C64H80F5N17O15. The molecule has 0 radical (unpaired) electrons. The van der Waals surface area contributed by atoms with Crippen molar-refractivity contribution in [1.29, 1.82) is 0 Å². The number of phenolic OH excluding ortho intramolecular Hbond substituents is 1. The quantitative estimate of drug-likeness (QED) is 0.00608. The summed E-state index contributed by atoms with van der Waals surface area (Å²) >= 11 is 0. The maximum Gasteiger partial charge on any atom is 0.300 e. The summed E-state index contributed by atoms with van der Waals surface area (Å²) in [7, 11) is 0. The van der Waals surface area contributed by atoms with Crippen LogP contribution in [0.4, 0.5) is 22.0 Å². The molecule has 2 fully saturated rings. The molecule has 0 aliphatic carbocycles. The zero-order valence-corrected chi connectivity index (χ0v) is 55.0. The van der Waals surface area contributed by atoms with Crippen LogP contribution in [0.15, 0.2) is 69.7 Å². The van der Waals surface area contributed by atoms with E-state index in [0.29, 0.717) is 28.6 Å². The number of aliphatic hydroxyl groups is 1. The van der Waals surface area contributed by atoms with E-state index in [0.717, 1.165) is 11.8 Å². The Bertz CT molecular complexity index is 3800. The standard InChI is InChI=1S/C62H76F5N17O13.C2H4O2/c1-29(2)19-39(54(90)77-38(9-5-17-72-62(69)70)61(97)84-18-6-10-45(84)60(96)74-26-46(68)87)78-58(94)43(23-35-48(63)50(65)52(67)51(66)49(35)64)82-55(91)40(20-30-11-13-33(86)14-12-30)79-59(95)44(27-85)83-56(92)41(21-31-24-73-36-8-4-3-7-34(31)36)80-57(93)42(22-32-25-71-28-75-32)81-53(89)37-15-16-47(88)76-37;1-2(3)4/h3-4,7-8,11-14,24,28-29,37-45,73,85-86H,5-6,9-10,15-23,25-27H2,1-2H3,(H2,68,87)(H,74,96)(H,76,88)(H,77,90)(H,78,94)(H,79,95)(H,80,93)(H,81,89)(H,82,91)(H,83,92)(H4,69,70,72);1H3,(H,3,4)/t37-,38-,39-,40-,41-,42-,43+,44-,45-;/m0./s1. The summed E-state index contributed by atoms with van der Waals surface area (Å²) in [5.41, 5.74) is 16.2. The van der Waals surface area contributed by atoms with Gasteiger partial charge in [0.2, 0.25) is 70.8 Å². The molecule has 11 amide bonds. The second kappa shape index (κ2) is 37.2. The van der Waals surface area contributed by atoms with Crippen LogP contribution in [0.2, 0.25) is 0 Å². The fraction of sp³-hybridized carbons (Fsp3) is 0.453. The van der Waals surface area contributed by atoms with Gasteiger partial charge in [0.05, 0.1) is 19.7 Å². The lowest BCUT2D eigenvalue weighted by molar-refractivity contribution is -0.142. The number of fused-ring (bicyclic) bond motifs is 1. The van der Waals surface area contributed by atoms with Crippen LogP contribution in [0.25, 0.3) is 10.9 Å². The average molecular weight is 1420 g/mol. The molecular weight excluding hydrogens is 1340 g/mol. The zero-order valence-electron chi connectivity index (χ0n) is 55.0. The summed E-state index contributed by atoms with van der Waals surface area (Å²) in [5.74, 6) is -25.1. The first-order chi connectivity index (χ1) is 47.8. The highest BCUT2D eigenvalue weighted by Gasteiger charge is 2.41. The van der Waals surface area contributed by atoms with Gasteiger partial charge in [-0.1, -0.05) is 44.2 Å². The van der Waals surface area contributed by atoms with Crippen LogP contribution in [0, 0.1) is 35.0 Å². The Morgan fingerprint density at radius 3 is 1.79 bits per heavy atom. The van der Waals surface area contributed by atoms with E-state index in [-0.39, 0.29) is 88.3 Å². The van der Waals surface area contributed by atoms with Gasteiger partial charge in [0.25, 0.3) is 5.97 Å². The summed E-state index contributed by atoms with van der Waals surface area (Å²) in [6, 6.07) is -3.02. The first-order valence-corrected chi connectivity index (χ1v) is 31.9. The van der Waals surface area contributed by atoms with Crippen LogP contribution in [0.1, 0.15) is 88.8 Å². The van der Waals surface area contributed by atoms with E-state index in [1.807, 2.05) is 0 Å². The molecule has 0 bridgehead atoms. The van der Waals surface area contributed by atoms with E-state index >= 15 is 8.78 Å². The maximum absolute atomic E-state index is 15.7. The number of carbonyl (C=O) groups is 12. The largest absolute Gasteiger partial charge is 0.508 e. The number of phenols is 1. The van der Waals surface area contributed by atoms with Gasteiger partial charge in [-0.3, -0.25) is 67.5 Å². The number of hydrogen-bond acceptors (Lipinski definition) is 17. The summed E-state index contributed by atoms with van der Waals surface area (Å²) in [6.45, 7) is 2.52. The third kappa shape index (κ3) is 23.0. The van der Waals surface area contributed by atoms with E-state index in [4.69, 9.17) is 27.1 Å². The Morgan fingerprint density at radius 1 is 0.683 bits per heavy atom.